The fourth-order valence-corrected chi connectivity index (χ4v) is 2.35. The number of benzene rings is 2. The Labute approximate surface area is 134 Å². The zero-order valence-electron chi connectivity index (χ0n) is 12.6. The van der Waals surface area contributed by atoms with E-state index in [9.17, 15) is 9.59 Å². The minimum absolute atomic E-state index is 0.211. The van der Waals surface area contributed by atoms with Crippen LogP contribution in [0.1, 0.15) is 12.0 Å². The maximum Gasteiger partial charge on any atom is 0.233 e. The molecule has 0 bridgehead atoms. The predicted molar refractivity (Wildman–Crippen MR) is 91.3 cm³/mol. The number of rotatable bonds is 5. The number of amides is 2. The molecule has 0 saturated carbocycles. The number of anilines is 2. The number of hydrogen-bond donors (Lipinski definition) is 2. The van der Waals surface area contributed by atoms with E-state index in [4.69, 9.17) is 0 Å². The normalized spacial score (nSPS) is 10.1. The highest BCUT2D eigenvalue weighted by Crippen LogP contribution is 2.19. The molecule has 0 fully saturated rings. The first-order chi connectivity index (χ1) is 10.6. The molecule has 22 heavy (non-hydrogen) atoms. The number of nitrogens with one attached hydrogen (secondary N) is 2. The summed E-state index contributed by atoms with van der Waals surface area (Å²) in [7, 11) is 0. The fraction of sp³-hybridized carbons (Fsp3) is 0.176. The molecule has 0 aliphatic carbocycles. The summed E-state index contributed by atoms with van der Waals surface area (Å²) in [6.45, 7) is 1.97. The maximum absolute atomic E-state index is 11.9. The molecule has 2 aromatic rings. The van der Waals surface area contributed by atoms with Gasteiger partial charge < -0.3 is 10.6 Å². The molecule has 4 nitrogen and oxygen atoms in total. The van der Waals surface area contributed by atoms with Crippen molar-refractivity contribution in [1.82, 2.24) is 0 Å². The van der Waals surface area contributed by atoms with Gasteiger partial charge in [-0.2, -0.15) is 0 Å². The first-order valence-electron chi connectivity index (χ1n) is 6.87. The topological polar surface area (TPSA) is 58.2 Å². The van der Waals surface area contributed by atoms with Crippen LogP contribution in [0.2, 0.25) is 0 Å². The Morgan fingerprint density at radius 3 is 2.23 bits per heavy atom. The maximum atomic E-state index is 11.9. The highest BCUT2D eigenvalue weighted by Gasteiger charge is 2.10. The third kappa shape index (κ3) is 4.93. The monoisotopic (exact) mass is 314 g/mol. The molecule has 0 aliphatic rings. The Hall–Kier alpha value is -2.27. The van der Waals surface area contributed by atoms with Gasteiger partial charge in [0.05, 0.1) is 0 Å². The first-order valence-corrected chi connectivity index (χ1v) is 8.10. The van der Waals surface area contributed by atoms with E-state index >= 15 is 0 Å². The number of carbonyl (C=O) groups excluding carboxylic acids is 2. The van der Waals surface area contributed by atoms with E-state index in [2.05, 4.69) is 10.6 Å². The molecule has 0 spiro atoms. The van der Waals surface area contributed by atoms with Crippen LogP contribution in [0.3, 0.4) is 0 Å². The summed E-state index contributed by atoms with van der Waals surface area (Å²) in [6, 6.07) is 14.9. The smallest absolute Gasteiger partial charge is 0.233 e. The van der Waals surface area contributed by atoms with Crippen molar-refractivity contribution in [3.63, 3.8) is 0 Å². The van der Waals surface area contributed by atoms with Crippen molar-refractivity contribution < 1.29 is 9.59 Å². The van der Waals surface area contributed by atoms with Gasteiger partial charge in [-0.1, -0.05) is 23.8 Å². The van der Waals surface area contributed by atoms with Crippen molar-refractivity contribution in [3.8, 4) is 0 Å². The van der Waals surface area contributed by atoms with Gasteiger partial charge in [-0.3, -0.25) is 9.59 Å². The lowest BCUT2D eigenvalue weighted by atomic mass is 10.2. The van der Waals surface area contributed by atoms with E-state index < -0.39 is 0 Å². The standard InChI is InChI=1S/C17H18N2O2S/c1-12-6-8-13(9-7-12)18-16(20)11-17(21)19-14-4-3-5-15(10-14)22-2/h3-10H,11H2,1-2H3,(H,18,20)(H,19,21). The van der Waals surface area contributed by atoms with Gasteiger partial charge in [-0.25, -0.2) is 0 Å². The van der Waals surface area contributed by atoms with Gasteiger partial charge >= 0.3 is 0 Å². The summed E-state index contributed by atoms with van der Waals surface area (Å²) in [5.74, 6) is -0.662. The third-order valence-corrected chi connectivity index (χ3v) is 3.74. The summed E-state index contributed by atoms with van der Waals surface area (Å²) >= 11 is 1.60. The van der Waals surface area contributed by atoms with Crippen LogP contribution >= 0.6 is 11.8 Å². The number of aryl methyl sites for hydroxylation is 1. The van der Waals surface area contributed by atoms with E-state index in [0.717, 1.165) is 10.5 Å². The number of hydrogen-bond acceptors (Lipinski definition) is 3. The zero-order chi connectivity index (χ0) is 15.9. The van der Waals surface area contributed by atoms with E-state index in [-0.39, 0.29) is 18.2 Å². The molecular formula is C17H18N2O2S. The fourth-order valence-electron chi connectivity index (χ4n) is 1.89. The van der Waals surface area contributed by atoms with E-state index in [1.165, 1.54) is 0 Å². The van der Waals surface area contributed by atoms with Crippen LogP contribution in [0.15, 0.2) is 53.4 Å². The minimum Gasteiger partial charge on any atom is -0.326 e. The second kappa shape index (κ2) is 7.66. The van der Waals surface area contributed by atoms with Gasteiger partial charge in [0.1, 0.15) is 6.42 Å². The average Bonchev–Trinajstić information content (AvgIpc) is 2.49. The molecule has 0 atom stereocenters. The Balaban J connectivity index is 1.88. The summed E-state index contributed by atoms with van der Waals surface area (Å²) in [5.41, 5.74) is 2.50. The molecule has 0 unspecified atom stereocenters. The van der Waals surface area contributed by atoms with E-state index in [1.807, 2.05) is 55.6 Å². The minimum atomic E-state index is -0.331. The van der Waals surface area contributed by atoms with Crippen LogP contribution in [-0.4, -0.2) is 18.1 Å². The molecule has 0 aromatic heterocycles. The van der Waals surface area contributed by atoms with E-state index in [1.54, 1.807) is 17.8 Å². The summed E-state index contributed by atoms with van der Waals surface area (Å²) < 4.78 is 0. The lowest BCUT2D eigenvalue weighted by molar-refractivity contribution is -0.123. The molecule has 114 valence electrons. The van der Waals surface area contributed by atoms with Gasteiger partial charge in [-0.15, -0.1) is 11.8 Å². The molecule has 0 heterocycles. The van der Waals surface area contributed by atoms with Crippen molar-refractivity contribution in [1.29, 1.82) is 0 Å². The molecule has 0 aliphatic heterocycles. The van der Waals surface area contributed by atoms with Gasteiger partial charge in [-0.05, 0) is 43.5 Å². The highest BCUT2D eigenvalue weighted by atomic mass is 32.2. The predicted octanol–water partition coefficient (Wildman–Crippen LogP) is 3.68. The SMILES string of the molecule is CSc1cccc(NC(=O)CC(=O)Nc2ccc(C)cc2)c1. The summed E-state index contributed by atoms with van der Waals surface area (Å²) in [6.07, 6.45) is 1.76. The van der Waals surface area contributed by atoms with Gasteiger partial charge in [0.25, 0.3) is 0 Å². The molecular weight excluding hydrogens is 296 g/mol. The van der Waals surface area contributed by atoms with Crippen molar-refractivity contribution in [2.45, 2.75) is 18.2 Å². The third-order valence-electron chi connectivity index (χ3n) is 3.01. The molecule has 2 N–H and O–H groups in total. The van der Waals surface area contributed by atoms with Crippen molar-refractivity contribution in [2.75, 3.05) is 16.9 Å². The number of carbonyl (C=O) groups is 2. The highest BCUT2D eigenvalue weighted by molar-refractivity contribution is 7.98. The Bertz CT molecular complexity index is 669. The first kappa shape index (κ1) is 16.1. The molecule has 0 saturated heterocycles. The Morgan fingerprint density at radius 2 is 1.59 bits per heavy atom. The largest absolute Gasteiger partial charge is 0.326 e. The lowest BCUT2D eigenvalue weighted by Gasteiger charge is -2.07. The Morgan fingerprint density at radius 1 is 0.955 bits per heavy atom. The molecule has 0 radical (unpaired) electrons. The quantitative estimate of drug-likeness (QED) is 0.654. The summed E-state index contributed by atoms with van der Waals surface area (Å²) in [4.78, 5) is 24.8. The average molecular weight is 314 g/mol. The van der Waals surface area contributed by atoms with Crippen LogP contribution in [0.25, 0.3) is 0 Å². The lowest BCUT2D eigenvalue weighted by Crippen LogP contribution is -2.21. The Kier molecular flexibility index (Phi) is 5.61. The molecule has 2 rings (SSSR count). The van der Waals surface area contributed by atoms with Crippen LogP contribution in [-0.2, 0) is 9.59 Å². The van der Waals surface area contributed by atoms with E-state index in [0.29, 0.717) is 11.4 Å². The molecule has 2 aromatic carbocycles. The summed E-state index contributed by atoms with van der Waals surface area (Å²) in [5, 5.41) is 5.43. The van der Waals surface area contributed by atoms with Crippen LogP contribution in [0, 0.1) is 6.92 Å². The van der Waals surface area contributed by atoms with Crippen molar-refractivity contribution in [2.24, 2.45) is 0 Å². The van der Waals surface area contributed by atoms with Gasteiger partial charge in [0.2, 0.25) is 11.8 Å². The van der Waals surface area contributed by atoms with Crippen LogP contribution in [0.5, 0.6) is 0 Å². The van der Waals surface area contributed by atoms with Crippen molar-refractivity contribution >= 4 is 35.0 Å². The molecule has 2 amide bonds. The second-order valence-electron chi connectivity index (χ2n) is 4.87. The van der Waals surface area contributed by atoms with Gasteiger partial charge in [0.15, 0.2) is 0 Å². The number of thioether (sulfide) groups is 1. The molecule has 5 heteroatoms. The van der Waals surface area contributed by atoms with Crippen LogP contribution < -0.4 is 10.6 Å². The van der Waals surface area contributed by atoms with Gasteiger partial charge in [0, 0.05) is 16.3 Å². The zero-order valence-corrected chi connectivity index (χ0v) is 13.4. The van der Waals surface area contributed by atoms with Crippen molar-refractivity contribution in [3.05, 3.63) is 54.1 Å². The second-order valence-corrected chi connectivity index (χ2v) is 5.75. The van der Waals surface area contributed by atoms with Crippen LogP contribution in [0.4, 0.5) is 11.4 Å².